The van der Waals surface area contributed by atoms with Gasteiger partial charge in [-0.15, -0.1) is 0 Å². The maximum absolute atomic E-state index is 13.2. The predicted octanol–water partition coefficient (Wildman–Crippen LogP) is 4.80. The van der Waals surface area contributed by atoms with Crippen molar-refractivity contribution >= 4 is 34.7 Å². The molecule has 0 fully saturated rings. The number of amides is 1. The van der Waals surface area contributed by atoms with Crippen molar-refractivity contribution in [2.24, 2.45) is 0 Å². The number of ketones is 4. The Kier molecular flexibility index (Phi) is 4.66. The first kappa shape index (κ1) is 21.6. The van der Waals surface area contributed by atoms with Gasteiger partial charge < -0.3 is 5.32 Å². The fraction of sp³-hybridized carbons (Fsp3) is 0.0333. The molecule has 1 N–H and O–H groups in total. The van der Waals surface area contributed by atoms with Gasteiger partial charge in [-0.3, -0.25) is 24.0 Å². The van der Waals surface area contributed by atoms with Gasteiger partial charge in [0.15, 0.2) is 23.1 Å². The zero-order chi connectivity index (χ0) is 25.1. The molecule has 0 saturated carbocycles. The summed E-state index contributed by atoms with van der Waals surface area (Å²) >= 11 is 0. The SMILES string of the molecule is Cc1c(C(=O)Nc2ccc3c(c2)C(=O)c2ccccc2C3=O)ccc2c1C(=O)c1ccccc1C2=O. The van der Waals surface area contributed by atoms with Crippen LogP contribution in [0, 0.1) is 6.92 Å². The van der Waals surface area contributed by atoms with E-state index in [0.717, 1.165) is 0 Å². The van der Waals surface area contributed by atoms with Crippen molar-refractivity contribution in [3.8, 4) is 0 Å². The largest absolute Gasteiger partial charge is 0.322 e. The summed E-state index contributed by atoms with van der Waals surface area (Å²) < 4.78 is 0. The highest BCUT2D eigenvalue weighted by Crippen LogP contribution is 2.32. The molecule has 0 bridgehead atoms. The quantitative estimate of drug-likeness (QED) is 0.391. The average molecular weight is 471 g/mol. The Hall–Kier alpha value is -4.97. The van der Waals surface area contributed by atoms with Gasteiger partial charge in [-0.1, -0.05) is 48.5 Å². The van der Waals surface area contributed by atoms with E-state index in [1.807, 2.05) is 0 Å². The topological polar surface area (TPSA) is 97.4 Å². The Morgan fingerprint density at radius 2 is 1.03 bits per heavy atom. The molecule has 0 heterocycles. The molecule has 2 aliphatic rings. The average Bonchev–Trinajstić information content (AvgIpc) is 2.90. The summed E-state index contributed by atoms with van der Waals surface area (Å²) in [5.74, 6) is -1.59. The van der Waals surface area contributed by atoms with Crippen LogP contribution in [0.5, 0.6) is 0 Å². The molecule has 36 heavy (non-hydrogen) atoms. The molecule has 6 heteroatoms. The van der Waals surface area contributed by atoms with E-state index < -0.39 is 5.91 Å². The van der Waals surface area contributed by atoms with Gasteiger partial charge in [-0.2, -0.15) is 0 Å². The summed E-state index contributed by atoms with van der Waals surface area (Å²) in [5.41, 5.74) is 3.30. The first-order chi connectivity index (χ1) is 17.4. The lowest BCUT2D eigenvalue weighted by atomic mass is 9.80. The van der Waals surface area contributed by atoms with Gasteiger partial charge in [0.05, 0.1) is 0 Å². The van der Waals surface area contributed by atoms with Crippen LogP contribution in [0.25, 0.3) is 0 Å². The number of carbonyl (C=O) groups excluding carboxylic acids is 5. The third-order valence-electron chi connectivity index (χ3n) is 6.78. The summed E-state index contributed by atoms with van der Waals surface area (Å²) in [5, 5.41) is 2.76. The van der Waals surface area contributed by atoms with Crippen LogP contribution < -0.4 is 5.32 Å². The van der Waals surface area contributed by atoms with Crippen molar-refractivity contribution in [2.75, 3.05) is 5.32 Å². The lowest BCUT2D eigenvalue weighted by Crippen LogP contribution is -2.24. The molecule has 0 radical (unpaired) electrons. The number of rotatable bonds is 2. The van der Waals surface area contributed by atoms with Crippen molar-refractivity contribution in [1.29, 1.82) is 0 Å². The summed E-state index contributed by atoms with van der Waals surface area (Å²) in [6.45, 7) is 1.64. The van der Waals surface area contributed by atoms with Gasteiger partial charge in [0.1, 0.15) is 0 Å². The lowest BCUT2D eigenvalue weighted by Gasteiger charge is -2.21. The van der Waals surface area contributed by atoms with Crippen LogP contribution in [0.1, 0.15) is 79.6 Å². The highest BCUT2D eigenvalue weighted by Gasteiger charge is 2.33. The summed E-state index contributed by atoms with van der Waals surface area (Å²) in [6.07, 6.45) is 0. The minimum atomic E-state index is -0.496. The zero-order valence-electron chi connectivity index (χ0n) is 19.0. The van der Waals surface area contributed by atoms with E-state index in [1.54, 1.807) is 61.5 Å². The maximum atomic E-state index is 13.2. The summed E-state index contributed by atoms with van der Waals surface area (Å²) in [7, 11) is 0. The number of carbonyl (C=O) groups is 5. The van der Waals surface area contributed by atoms with E-state index in [9.17, 15) is 24.0 Å². The van der Waals surface area contributed by atoms with Gasteiger partial charge in [-0.05, 0) is 42.8 Å². The van der Waals surface area contributed by atoms with Crippen molar-refractivity contribution in [2.45, 2.75) is 6.92 Å². The molecule has 172 valence electrons. The lowest BCUT2D eigenvalue weighted by molar-refractivity contribution is 0.0977. The number of benzene rings is 4. The highest BCUT2D eigenvalue weighted by atomic mass is 16.2. The van der Waals surface area contributed by atoms with Crippen LogP contribution in [0.2, 0.25) is 0 Å². The molecule has 6 nitrogen and oxygen atoms in total. The molecule has 4 aromatic rings. The molecule has 4 aromatic carbocycles. The Morgan fingerprint density at radius 1 is 0.556 bits per heavy atom. The number of nitrogens with one attached hydrogen (secondary N) is 1. The first-order valence-electron chi connectivity index (χ1n) is 11.3. The Labute approximate surface area is 205 Å². The van der Waals surface area contributed by atoms with Crippen molar-refractivity contribution in [1.82, 2.24) is 0 Å². The molecule has 0 spiro atoms. The molecular weight excluding hydrogens is 454 g/mol. The van der Waals surface area contributed by atoms with Crippen LogP contribution >= 0.6 is 0 Å². The first-order valence-corrected chi connectivity index (χ1v) is 11.3. The second-order valence-corrected chi connectivity index (χ2v) is 8.78. The van der Waals surface area contributed by atoms with E-state index in [-0.39, 0.29) is 51.0 Å². The molecule has 0 unspecified atom stereocenters. The van der Waals surface area contributed by atoms with Crippen molar-refractivity contribution in [3.05, 3.63) is 134 Å². The predicted molar refractivity (Wildman–Crippen MR) is 132 cm³/mol. The highest BCUT2D eigenvalue weighted by molar-refractivity contribution is 6.30. The smallest absolute Gasteiger partial charge is 0.255 e. The molecule has 0 aliphatic heterocycles. The standard InChI is InChI=1S/C30H17NO5/c1-15-17(12-13-23-25(15)29(35)21-9-5-4-8-20(21)27(23)33)30(36)31-16-10-11-22-24(14-16)28(34)19-7-3-2-6-18(19)26(22)32/h2-14H,1H3,(H,31,36). The molecule has 0 atom stereocenters. The number of hydrogen-bond donors (Lipinski definition) is 1. The fourth-order valence-corrected chi connectivity index (χ4v) is 4.97. The zero-order valence-corrected chi connectivity index (χ0v) is 19.0. The number of fused-ring (bicyclic) bond motifs is 4. The Morgan fingerprint density at radius 3 is 1.64 bits per heavy atom. The Bertz CT molecular complexity index is 1710. The molecule has 0 saturated heterocycles. The van der Waals surface area contributed by atoms with E-state index >= 15 is 0 Å². The van der Waals surface area contributed by atoms with E-state index in [4.69, 9.17) is 0 Å². The van der Waals surface area contributed by atoms with E-state index in [2.05, 4.69) is 5.32 Å². The van der Waals surface area contributed by atoms with Crippen molar-refractivity contribution in [3.63, 3.8) is 0 Å². The third kappa shape index (κ3) is 3.01. The normalized spacial score (nSPS) is 13.5. The van der Waals surface area contributed by atoms with Crippen LogP contribution in [-0.4, -0.2) is 29.0 Å². The van der Waals surface area contributed by atoms with Crippen LogP contribution in [0.15, 0.2) is 78.9 Å². The van der Waals surface area contributed by atoms with Crippen LogP contribution in [0.4, 0.5) is 5.69 Å². The fourth-order valence-electron chi connectivity index (χ4n) is 4.97. The van der Waals surface area contributed by atoms with Gasteiger partial charge in [0.25, 0.3) is 5.91 Å². The summed E-state index contributed by atoms with van der Waals surface area (Å²) in [4.78, 5) is 65.2. The molecule has 0 aromatic heterocycles. The molecule has 1 amide bonds. The van der Waals surface area contributed by atoms with Gasteiger partial charge in [0.2, 0.25) is 0 Å². The summed E-state index contributed by atoms with van der Waals surface area (Å²) in [6, 6.07) is 20.9. The maximum Gasteiger partial charge on any atom is 0.255 e. The number of anilines is 1. The van der Waals surface area contributed by atoms with Crippen LogP contribution in [0.3, 0.4) is 0 Å². The second kappa shape index (κ2) is 7.78. The van der Waals surface area contributed by atoms with Gasteiger partial charge in [0, 0.05) is 55.8 Å². The second-order valence-electron chi connectivity index (χ2n) is 8.78. The van der Waals surface area contributed by atoms with E-state index in [1.165, 1.54) is 24.3 Å². The Balaban J connectivity index is 1.35. The van der Waals surface area contributed by atoms with Gasteiger partial charge in [-0.25, -0.2) is 0 Å². The van der Waals surface area contributed by atoms with Crippen LogP contribution in [-0.2, 0) is 0 Å². The van der Waals surface area contributed by atoms with Crippen molar-refractivity contribution < 1.29 is 24.0 Å². The molecule has 6 rings (SSSR count). The minimum Gasteiger partial charge on any atom is -0.322 e. The van der Waals surface area contributed by atoms with E-state index in [0.29, 0.717) is 33.5 Å². The third-order valence-corrected chi connectivity index (χ3v) is 6.78. The van der Waals surface area contributed by atoms with Gasteiger partial charge >= 0.3 is 0 Å². The monoisotopic (exact) mass is 471 g/mol. The molecule has 2 aliphatic carbocycles. The molecular formula is C30H17NO5. The minimum absolute atomic E-state index is 0.217. The number of hydrogen-bond acceptors (Lipinski definition) is 5.